The van der Waals surface area contributed by atoms with E-state index < -0.39 is 11.4 Å². The van der Waals surface area contributed by atoms with Gasteiger partial charge in [-0.05, 0) is 45.6 Å². The van der Waals surface area contributed by atoms with Crippen molar-refractivity contribution in [1.29, 1.82) is 0 Å². The van der Waals surface area contributed by atoms with E-state index in [1.165, 1.54) is 25.7 Å². The summed E-state index contributed by atoms with van der Waals surface area (Å²) < 4.78 is 0. The van der Waals surface area contributed by atoms with E-state index in [0.29, 0.717) is 6.04 Å². The minimum atomic E-state index is -0.627. The van der Waals surface area contributed by atoms with Gasteiger partial charge in [0.15, 0.2) is 0 Å². The number of likely N-dealkylation sites (tertiary alicyclic amines) is 1. The fraction of sp³-hybridized carbons (Fsp3) is 0.929. The summed E-state index contributed by atoms with van der Waals surface area (Å²) in [6.07, 6.45) is 7.27. The van der Waals surface area contributed by atoms with Crippen molar-refractivity contribution >= 4 is 5.97 Å². The van der Waals surface area contributed by atoms with Crippen LogP contribution in [0.1, 0.15) is 52.4 Å². The second kappa shape index (κ2) is 4.97. The highest BCUT2D eigenvalue weighted by molar-refractivity contribution is 5.74. The summed E-state index contributed by atoms with van der Waals surface area (Å²) in [5.74, 6) is 0.279. The first kappa shape index (κ1) is 12.9. The van der Waals surface area contributed by atoms with E-state index in [-0.39, 0.29) is 0 Å². The number of aliphatic carboxylic acids is 1. The van der Waals surface area contributed by atoms with Crippen molar-refractivity contribution in [2.24, 2.45) is 11.3 Å². The maximum absolute atomic E-state index is 11.3. The average molecular weight is 239 g/mol. The van der Waals surface area contributed by atoms with E-state index in [1.807, 2.05) is 6.92 Å². The highest BCUT2D eigenvalue weighted by Gasteiger charge is 2.39. The molecule has 1 saturated heterocycles. The van der Waals surface area contributed by atoms with Gasteiger partial charge in [-0.25, -0.2) is 0 Å². The Morgan fingerprint density at radius 2 is 2.18 bits per heavy atom. The molecule has 17 heavy (non-hydrogen) atoms. The third kappa shape index (κ3) is 2.82. The van der Waals surface area contributed by atoms with Gasteiger partial charge in [0.05, 0.1) is 5.41 Å². The number of rotatable bonds is 4. The summed E-state index contributed by atoms with van der Waals surface area (Å²) in [6, 6.07) is 0.555. The van der Waals surface area contributed by atoms with E-state index in [2.05, 4.69) is 11.8 Å². The van der Waals surface area contributed by atoms with Gasteiger partial charge >= 0.3 is 5.97 Å². The first-order valence-corrected chi connectivity index (χ1v) is 6.99. The molecule has 2 aliphatic rings. The fourth-order valence-electron chi connectivity index (χ4n) is 3.19. The van der Waals surface area contributed by atoms with Gasteiger partial charge in [-0.1, -0.05) is 19.3 Å². The summed E-state index contributed by atoms with van der Waals surface area (Å²) in [5, 5.41) is 9.31. The van der Waals surface area contributed by atoms with Crippen LogP contribution in [0.25, 0.3) is 0 Å². The molecule has 0 aromatic carbocycles. The Hall–Kier alpha value is -0.570. The molecule has 0 radical (unpaired) electrons. The number of carbonyl (C=O) groups is 1. The van der Waals surface area contributed by atoms with Crippen molar-refractivity contribution in [3.8, 4) is 0 Å². The molecule has 0 aromatic rings. The van der Waals surface area contributed by atoms with Gasteiger partial charge < -0.3 is 5.11 Å². The number of carboxylic acids is 1. The Kier molecular flexibility index (Phi) is 3.76. The average Bonchev–Trinajstić information content (AvgIpc) is 2.23. The van der Waals surface area contributed by atoms with Crippen LogP contribution in [0, 0.1) is 11.3 Å². The topological polar surface area (TPSA) is 40.5 Å². The summed E-state index contributed by atoms with van der Waals surface area (Å²) in [4.78, 5) is 13.7. The molecule has 1 aliphatic heterocycles. The third-order valence-electron chi connectivity index (χ3n) is 4.76. The highest BCUT2D eigenvalue weighted by Crippen LogP contribution is 2.35. The van der Waals surface area contributed by atoms with Crippen molar-refractivity contribution in [3.05, 3.63) is 0 Å². The summed E-state index contributed by atoms with van der Waals surface area (Å²) in [7, 11) is 0. The molecule has 0 bridgehead atoms. The quantitative estimate of drug-likeness (QED) is 0.820. The highest BCUT2D eigenvalue weighted by atomic mass is 16.4. The van der Waals surface area contributed by atoms with Crippen molar-refractivity contribution in [1.82, 2.24) is 4.90 Å². The molecule has 3 nitrogen and oxygen atoms in total. The van der Waals surface area contributed by atoms with E-state index in [9.17, 15) is 9.90 Å². The number of hydrogen-bond donors (Lipinski definition) is 1. The lowest BCUT2D eigenvalue weighted by Crippen LogP contribution is -2.49. The van der Waals surface area contributed by atoms with Crippen LogP contribution in [0.3, 0.4) is 0 Å². The van der Waals surface area contributed by atoms with E-state index >= 15 is 0 Å². The standard InChI is InChI=1S/C14H25NO2/c1-11(9-12-5-3-6-12)15-8-4-7-14(2,10-15)13(16)17/h11-12H,3-10H2,1-2H3,(H,16,17). The molecule has 0 amide bonds. The molecule has 3 heteroatoms. The molecule has 98 valence electrons. The zero-order valence-corrected chi connectivity index (χ0v) is 11.1. The second-order valence-corrected chi connectivity index (χ2v) is 6.32. The molecule has 0 aromatic heterocycles. The van der Waals surface area contributed by atoms with Crippen LogP contribution in [-0.2, 0) is 4.79 Å². The fourth-order valence-corrected chi connectivity index (χ4v) is 3.19. The Morgan fingerprint density at radius 1 is 1.47 bits per heavy atom. The van der Waals surface area contributed by atoms with E-state index in [4.69, 9.17) is 0 Å². The smallest absolute Gasteiger partial charge is 0.310 e. The van der Waals surface area contributed by atoms with Crippen molar-refractivity contribution in [2.45, 2.75) is 58.4 Å². The van der Waals surface area contributed by atoms with E-state index in [1.54, 1.807) is 0 Å². The zero-order chi connectivity index (χ0) is 12.5. The normalized spacial score (nSPS) is 33.1. The van der Waals surface area contributed by atoms with Crippen LogP contribution in [-0.4, -0.2) is 35.1 Å². The Balaban J connectivity index is 1.89. The van der Waals surface area contributed by atoms with Crippen molar-refractivity contribution < 1.29 is 9.90 Å². The molecule has 2 unspecified atom stereocenters. The van der Waals surface area contributed by atoms with Gasteiger partial charge in [0.2, 0.25) is 0 Å². The molecule has 2 atom stereocenters. The Bertz CT molecular complexity index is 288. The molecular weight excluding hydrogens is 214 g/mol. The molecule has 0 spiro atoms. The minimum absolute atomic E-state index is 0.522. The van der Waals surface area contributed by atoms with Gasteiger partial charge in [0.25, 0.3) is 0 Å². The minimum Gasteiger partial charge on any atom is -0.481 e. The van der Waals surface area contributed by atoms with Crippen LogP contribution in [0.4, 0.5) is 0 Å². The monoisotopic (exact) mass is 239 g/mol. The van der Waals surface area contributed by atoms with Crippen molar-refractivity contribution in [3.63, 3.8) is 0 Å². The number of hydrogen-bond acceptors (Lipinski definition) is 2. The van der Waals surface area contributed by atoms with Gasteiger partial charge in [-0.15, -0.1) is 0 Å². The van der Waals surface area contributed by atoms with Gasteiger partial charge in [-0.2, -0.15) is 0 Å². The molecule has 1 heterocycles. The van der Waals surface area contributed by atoms with E-state index in [0.717, 1.165) is 31.8 Å². The van der Waals surface area contributed by atoms with Crippen LogP contribution < -0.4 is 0 Å². The molecule has 2 rings (SSSR count). The first-order chi connectivity index (χ1) is 8.01. The second-order valence-electron chi connectivity index (χ2n) is 6.32. The summed E-state index contributed by atoms with van der Waals surface area (Å²) in [5.41, 5.74) is -0.522. The lowest BCUT2D eigenvalue weighted by Gasteiger charge is -2.42. The number of piperidine rings is 1. The van der Waals surface area contributed by atoms with Gasteiger partial charge in [0, 0.05) is 12.6 Å². The number of nitrogens with zero attached hydrogens (tertiary/aromatic N) is 1. The SMILES string of the molecule is CC(CC1CCC1)N1CCCC(C)(C(=O)O)C1. The largest absolute Gasteiger partial charge is 0.481 e. The molecule has 1 saturated carbocycles. The molecule has 1 aliphatic carbocycles. The number of carboxylic acid groups (broad SMARTS) is 1. The predicted molar refractivity (Wildman–Crippen MR) is 68.0 cm³/mol. The zero-order valence-electron chi connectivity index (χ0n) is 11.1. The third-order valence-corrected chi connectivity index (χ3v) is 4.76. The van der Waals surface area contributed by atoms with Crippen LogP contribution in [0.15, 0.2) is 0 Å². The van der Waals surface area contributed by atoms with Gasteiger partial charge in [-0.3, -0.25) is 9.69 Å². The maximum Gasteiger partial charge on any atom is 0.310 e. The predicted octanol–water partition coefficient (Wildman–Crippen LogP) is 2.75. The maximum atomic E-state index is 11.3. The first-order valence-electron chi connectivity index (χ1n) is 6.99. The lowest BCUT2D eigenvalue weighted by molar-refractivity contribution is -0.151. The summed E-state index contributed by atoms with van der Waals surface area (Å²) in [6.45, 7) is 5.98. The van der Waals surface area contributed by atoms with Crippen molar-refractivity contribution in [2.75, 3.05) is 13.1 Å². The van der Waals surface area contributed by atoms with Crippen LogP contribution in [0.5, 0.6) is 0 Å². The Labute approximate surface area is 104 Å². The molecule has 2 fully saturated rings. The Morgan fingerprint density at radius 3 is 2.71 bits per heavy atom. The molecular formula is C14H25NO2. The van der Waals surface area contributed by atoms with Gasteiger partial charge in [0.1, 0.15) is 0 Å². The van der Waals surface area contributed by atoms with Crippen LogP contribution >= 0.6 is 0 Å². The van der Waals surface area contributed by atoms with Crippen LogP contribution in [0.2, 0.25) is 0 Å². The molecule has 1 N–H and O–H groups in total. The lowest BCUT2D eigenvalue weighted by atomic mass is 9.78. The summed E-state index contributed by atoms with van der Waals surface area (Å²) >= 11 is 0.